The molecule has 3 aromatic rings. The van der Waals surface area contributed by atoms with Crippen molar-refractivity contribution in [2.24, 2.45) is 0 Å². The highest BCUT2D eigenvalue weighted by Gasteiger charge is 2.32. The summed E-state index contributed by atoms with van der Waals surface area (Å²) in [7, 11) is 2.17. The van der Waals surface area contributed by atoms with E-state index in [0.717, 1.165) is 61.8 Å². The Morgan fingerprint density at radius 3 is 2.72 bits per heavy atom. The van der Waals surface area contributed by atoms with Gasteiger partial charge in [-0.25, -0.2) is 9.97 Å². The molecule has 1 atom stereocenters. The number of pyridine rings is 1. The van der Waals surface area contributed by atoms with Gasteiger partial charge in [-0.3, -0.25) is 9.59 Å². The van der Waals surface area contributed by atoms with Gasteiger partial charge in [-0.1, -0.05) is 13.0 Å². The summed E-state index contributed by atoms with van der Waals surface area (Å²) in [4.78, 5) is 39.4. The van der Waals surface area contributed by atoms with E-state index in [1.807, 2.05) is 6.92 Å². The number of anilines is 2. The molecule has 2 aliphatic heterocycles. The molecule has 2 saturated heterocycles. The van der Waals surface area contributed by atoms with Crippen molar-refractivity contribution in [1.82, 2.24) is 19.8 Å². The highest BCUT2D eigenvalue weighted by atomic mass is 32.1. The van der Waals surface area contributed by atoms with Gasteiger partial charge in [-0.15, -0.1) is 11.3 Å². The largest absolute Gasteiger partial charge is 0.383 e. The molecule has 2 amide bonds. The van der Waals surface area contributed by atoms with Gasteiger partial charge >= 0.3 is 11.8 Å². The second-order valence-electron chi connectivity index (χ2n) is 9.94. The number of benzene rings is 1. The van der Waals surface area contributed by atoms with Crippen molar-refractivity contribution < 1.29 is 9.59 Å². The number of thiazole rings is 1. The Kier molecular flexibility index (Phi) is 7.20. The minimum atomic E-state index is -0.644. The quantitative estimate of drug-likeness (QED) is 0.510. The van der Waals surface area contributed by atoms with Crippen LogP contribution >= 0.6 is 11.3 Å². The van der Waals surface area contributed by atoms with Crippen LogP contribution in [0.1, 0.15) is 67.1 Å². The van der Waals surface area contributed by atoms with Crippen LogP contribution in [0.3, 0.4) is 0 Å². The maximum atomic E-state index is 13.3. The number of aromatic nitrogens is 2. The van der Waals surface area contributed by atoms with Crippen LogP contribution < -0.4 is 11.1 Å². The molecule has 0 saturated carbocycles. The van der Waals surface area contributed by atoms with E-state index in [-0.39, 0.29) is 6.04 Å². The van der Waals surface area contributed by atoms with Crippen molar-refractivity contribution >= 4 is 44.9 Å². The number of nitrogens with one attached hydrogen (secondary N) is 1. The van der Waals surface area contributed by atoms with E-state index in [0.29, 0.717) is 30.4 Å². The summed E-state index contributed by atoms with van der Waals surface area (Å²) in [5, 5.41) is 3.94. The molecule has 0 bridgehead atoms. The Bertz CT molecular complexity index is 1270. The maximum Gasteiger partial charge on any atom is 0.313 e. The highest BCUT2D eigenvalue weighted by molar-refractivity contribution is 7.18. The average Bonchev–Trinajstić information content (AvgIpc) is 3.33. The summed E-state index contributed by atoms with van der Waals surface area (Å²) in [6.07, 6.45) is 7.22. The molecular formula is C27H34N6O2S. The third-order valence-corrected chi connectivity index (χ3v) is 8.68. The third kappa shape index (κ3) is 5.08. The van der Waals surface area contributed by atoms with Crippen LogP contribution in [0, 0.1) is 0 Å². The van der Waals surface area contributed by atoms with Crippen molar-refractivity contribution in [3.05, 3.63) is 46.6 Å². The first-order valence-corrected chi connectivity index (χ1v) is 13.7. The Morgan fingerprint density at radius 1 is 1.14 bits per heavy atom. The van der Waals surface area contributed by atoms with Gasteiger partial charge in [0.15, 0.2) is 0 Å². The normalized spacial score (nSPS) is 19.5. The number of nitrogens with two attached hydrogens (primary N) is 1. The van der Waals surface area contributed by atoms with Gasteiger partial charge in [0.05, 0.1) is 33.2 Å². The first-order chi connectivity index (χ1) is 17.4. The van der Waals surface area contributed by atoms with Crippen LogP contribution in [-0.4, -0.2) is 58.3 Å². The van der Waals surface area contributed by atoms with Crippen molar-refractivity contribution in [3.8, 4) is 0 Å². The number of nitrogen functional groups attached to an aromatic ring is 1. The van der Waals surface area contributed by atoms with E-state index in [4.69, 9.17) is 10.7 Å². The van der Waals surface area contributed by atoms with Crippen LogP contribution in [0.15, 0.2) is 30.5 Å². The lowest BCUT2D eigenvalue weighted by molar-refractivity contribution is -0.145. The van der Waals surface area contributed by atoms with Crippen LogP contribution in [0.5, 0.6) is 0 Å². The van der Waals surface area contributed by atoms with E-state index >= 15 is 0 Å². The van der Waals surface area contributed by atoms with Gasteiger partial charge in [0, 0.05) is 12.5 Å². The lowest BCUT2D eigenvalue weighted by atomic mass is 9.94. The number of amides is 2. The second kappa shape index (κ2) is 10.5. The summed E-state index contributed by atoms with van der Waals surface area (Å²) in [5.74, 6) is -0.196. The van der Waals surface area contributed by atoms with E-state index < -0.39 is 11.8 Å². The molecule has 3 N–H and O–H groups in total. The standard InChI is InChI=1S/C27H34N6O2S/c1-3-17-14-20(16-29-24(17)28)30-25(34)27(35)33-11-5-4-6-22(33)19-7-8-23-21(15-19)31-26(36-23)18-9-12-32(2)13-10-18/h7-8,14-16,18,22H,3-6,9-13H2,1-2H3,(H2,28,29)(H,30,34). The smallest absolute Gasteiger partial charge is 0.313 e. The molecule has 2 fully saturated rings. The zero-order valence-corrected chi connectivity index (χ0v) is 21.8. The molecule has 4 heterocycles. The fourth-order valence-electron chi connectivity index (χ4n) is 5.31. The Hall–Kier alpha value is -3.04. The van der Waals surface area contributed by atoms with Gasteiger partial charge in [0.25, 0.3) is 0 Å². The SMILES string of the molecule is CCc1cc(NC(=O)C(=O)N2CCCCC2c2ccc3sc(C4CCN(C)CC4)nc3c2)cnc1N. The first-order valence-electron chi connectivity index (χ1n) is 12.9. The molecule has 9 heteroatoms. The van der Waals surface area contributed by atoms with E-state index in [9.17, 15) is 9.59 Å². The fraction of sp³-hybridized carbons (Fsp3) is 0.481. The van der Waals surface area contributed by atoms with Crippen LogP contribution in [0.2, 0.25) is 0 Å². The van der Waals surface area contributed by atoms with Crippen LogP contribution in [0.4, 0.5) is 11.5 Å². The predicted molar refractivity (Wildman–Crippen MR) is 144 cm³/mol. The molecule has 0 radical (unpaired) electrons. The predicted octanol–water partition coefficient (Wildman–Crippen LogP) is 4.34. The van der Waals surface area contributed by atoms with Gasteiger partial charge in [-0.2, -0.15) is 0 Å². The Labute approximate surface area is 215 Å². The summed E-state index contributed by atoms with van der Waals surface area (Å²) in [6, 6.07) is 8.00. The van der Waals surface area contributed by atoms with E-state index in [1.165, 1.54) is 15.9 Å². The van der Waals surface area contributed by atoms with Gasteiger partial charge in [0.1, 0.15) is 5.82 Å². The van der Waals surface area contributed by atoms with Gasteiger partial charge < -0.3 is 20.9 Å². The minimum absolute atomic E-state index is 0.134. The lowest BCUT2D eigenvalue weighted by Gasteiger charge is -2.35. The number of carbonyl (C=O) groups excluding carboxylic acids is 2. The fourth-order valence-corrected chi connectivity index (χ4v) is 6.43. The van der Waals surface area contributed by atoms with Crippen LogP contribution in [0.25, 0.3) is 10.2 Å². The molecule has 1 aromatic carbocycles. The monoisotopic (exact) mass is 506 g/mol. The summed E-state index contributed by atoms with van der Waals surface area (Å²) >= 11 is 1.79. The molecule has 2 aliphatic rings. The minimum Gasteiger partial charge on any atom is -0.383 e. The number of carbonyl (C=O) groups is 2. The third-order valence-electron chi connectivity index (χ3n) is 7.48. The van der Waals surface area contributed by atoms with Crippen molar-refractivity contribution in [2.45, 2.75) is 57.4 Å². The van der Waals surface area contributed by atoms with Crippen LogP contribution in [-0.2, 0) is 16.0 Å². The number of piperidine rings is 2. The van der Waals surface area contributed by atoms with Crippen molar-refractivity contribution in [1.29, 1.82) is 0 Å². The number of hydrogen-bond donors (Lipinski definition) is 2. The van der Waals surface area contributed by atoms with Crippen molar-refractivity contribution in [2.75, 3.05) is 37.7 Å². The van der Waals surface area contributed by atoms with Gasteiger partial charge in [0.2, 0.25) is 0 Å². The highest BCUT2D eigenvalue weighted by Crippen LogP contribution is 2.37. The number of fused-ring (bicyclic) bond motifs is 1. The molecular weight excluding hydrogens is 472 g/mol. The second-order valence-corrected chi connectivity index (χ2v) is 11.0. The summed E-state index contributed by atoms with van der Waals surface area (Å²) in [5.41, 5.74) is 9.24. The Morgan fingerprint density at radius 2 is 1.94 bits per heavy atom. The zero-order valence-electron chi connectivity index (χ0n) is 21.0. The summed E-state index contributed by atoms with van der Waals surface area (Å²) < 4.78 is 1.18. The lowest BCUT2D eigenvalue weighted by Crippen LogP contribution is -2.44. The number of rotatable bonds is 4. The first kappa shape index (κ1) is 24.6. The molecule has 190 valence electrons. The number of nitrogens with zero attached hydrogens (tertiary/aromatic N) is 4. The van der Waals surface area contributed by atoms with Crippen molar-refractivity contribution in [3.63, 3.8) is 0 Å². The van der Waals surface area contributed by atoms with E-state index in [1.54, 1.807) is 22.3 Å². The molecule has 1 unspecified atom stereocenters. The molecule has 36 heavy (non-hydrogen) atoms. The molecule has 0 aliphatic carbocycles. The number of likely N-dealkylation sites (tertiary alicyclic amines) is 2. The molecule has 5 rings (SSSR count). The number of aryl methyl sites for hydroxylation is 1. The zero-order chi connectivity index (χ0) is 25.2. The topological polar surface area (TPSA) is 104 Å². The van der Waals surface area contributed by atoms with E-state index in [2.05, 4.69) is 40.4 Å². The number of hydrogen-bond acceptors (Lipinski definition) is 7. The Balaban J connectivity index is 1.33. The molecule has 0 spiro atoms. The average molecular weight is 507 g/mol. The van der Waals surface area contributed by atoms with Gasteiger partial charge in [-0.05, 0) is 88.0 Å². The molecule has 2 aromatic heterocycles. The molecule has 8 nitrogen and oxygen atoms in total. The summed E-state index contributed by atoms with van der Waals surface area (Å²) in [6.45, 7) is 4.75. The maximum absolute atomic E-state index is 13.3.